The molecule has 1 aromatic heterocycles. The van der Waals surface area contributed by atoms with E-state index >= 15 is 0 Å². The normalized spacial score (nSPS) is 12.2. The molecule has 1 heterocycles. The minimum Gasteiger partial charge on any atom is -0.466 e. The molecular weight excluding hydrogens is 256 g/mol. The largest absolute Gasteiger partial charge is 0.466 e. The third kappa shape index (κ3) is 2.66. The van der Waals surface area contributed by atoms with Gasteiger partial charge in [-0.3, -0.25) is 10.1 Å². The molecule has 1 aromatic carbocycles. The molecule has 0 aliphatic heterocycles. The first-order chi connectivity index (χ1) is 9.40. The molecule has 1 unspecified atom stereocenters. The Labute approximate surface area is 117 Å². The fraction of sp³-hybridized carbons (Fsp3) is 0.333. The Bertz CT molecular complexity index is 647. The Kier molecular flexibility index (Phi) is 3.79. The lowest BCUT2D eigenvalue weighted by molar-refractivity contribution is -0.384. The predicted octanol–water partition coefficient (Wildman–Crippen LogP) is 4.29. The molecule has 0 aliphatic carbocycles. The van der Waals surface area contributed by atoms with E-state index in [0.29, 0.717) is 11.3 Å². The van der Waals surface area contributed by atoms with E-state index in [1.807, 2.05) is 32.9 Å². The molecule has 0 amide bonds. The van der Waals surface area contributed by atoms with Gasteiger partial charge in [0.25, 0.3) is 5.69 Å². The van der Waals surface area contributed by atoms with E-state index in [9.17, 15) is 10.1 Å². The van der Waals surface area contributed by atoms with Crippen LogP contribution in [0, 0.1) is 30.9 Å². The van der Waals surface area contributed by atoms with Gasteiger partial charge in [-0.05, 0) is 39.8 Å². The Morgan fingerprint density at radius 3 is 2.55 bits per heavy atom. The first-order valence-electron chi connectivity index (χ1n) is 6.47. The van der Waals surface area contributed by atoms with Crippen LogP contribution in [0.4, 0.5) is 11.4 Å². The van der Waals surface area contributed by atoms with Gasteiger partial charge in [-0.2, -0.15) is 0 Å². The third-order valence-electron chi connectivity index (χ3n) is 3.34. The van der Waals surface area contributed by atoms with Crippen LogP contribution in [0.5, 0.6) is 0 Å². The number of furan rings is 1. The predicted molar refractivity (Wildman–Crippen MR) is 78.1 cm³/mol. The van der Waals surface area contributed by atoms with Gasteiger partial charge in [0, 0.05) is 11.1 Å². The molecule has 0 saturated heterocycles. The lowest BCUT2D eigenvalue weighted by atomic mass is 10.1. The van der Waals surface area contributed by atoms with Crippen molar-refractivity contribution >= 4 is 11.4 Å². The van der Waals surface area contributed by atoms with Crippen LogP contribution >= 0.6 is 0 Å². The number of anilines is 1. The molecule has 106 valence electrons. The van der Waals surface area contributed by atoms with E-state index in [0.717, 1.165) is 17.1 Å². The maximum absolute atomic E-state index is 11.2. The van der Waals surface area contributed by atoms with Crippen LogP contribution in [-0.4, -0.2) is 4.92 Å². The topological polar surface area (TPSA) is 68.3 Å². The van der Waals surface area contributed by atoms with Gasteiger partial charge in [-0.15, -0.1) is 0 Å². The Morgan fingerprint density at radius 2 is 2.00 bits per heavy atom. The molecule has 20 heavy (non-hydrogen) atoms. The summed E-state index contributed by atoms with van der Waals surface area (Å²) >= 11 is 0. The van der Waals surface area contributed by atoms with Crippen molar-refractivity contribution in [3.8, 4) is 0 Å². The summed E-state index contributed by atoms with van der Waals surface area (Å²) in [5, 5.41) is 14.4. The molecule has 2 rings (SSSR count). The fourth-order valence-corrected chi connectivity index (χ4v) is 2.41. The van der Waals surface area contributed by atoms with Crippen LogP contribution in [0.25, 0.3) is 0 Å². The zero-order chi connectivity index (χ0) is 14.9. The first kappa shape index (κ1) is 14.1. The lowest BCUT2D eigenvalue weighted by Gasteiger charge is -2.15. The summed E-state index contributed by atoms with van der Waals surface area (Å²) in [5.74, 6) is 1.67. The van der Waals surface area contributed by atoms with Crippen molar-refractivity contribution in [2.24, 2.45) is 0 Å². The van der Waals surface area contributed by atoms with E-state index in [1.54, 1.807) is 19.1 Å². The number of benzene rings is 1. The second kappa shape index (κ2) is 5.36. The smallest absolute Gasteiger partial charge is 0.295 e. The standard InChI is InChI=1S/C15H18N2O3/c1-9-6-5-7-14(15(9)17(18)19)16-11(3)13-8-10(2)20-12(13)4/h5-8,11,16H,1-4H3. The van der Waals surface area contributed by atoms with Crippen LogP contribution in [0.2, 0.25) is 0 Å². The summed E-state index contributed by atoms with van der Waals surface area (Å²) < 4.78 is 5.50. The number of hydrogen-bond donors (Lipinski definition) is 1. The molecule has 0 saturated carbocycles. The average Bonchev–Trinajstić information content (AvgIpc) is 2.68. The highest BCUT2D eigenvalue weighted by Crippen LogP contribution is 2.32. The van der Waals surface area contributed by atoms with E-state index in [4.69, 9.17) is 4.42 Å². The van der Waals surface area contributed by atoms with Crippen molar-refractivity contribution in [3.63, 3.8) is 0 Å². The minimum absolute atomic E-state index is 0.0621. The summed E-state index contributed by atoms with van der Waals surface area (Å²) in [6, 6.07) is 7.16. The number of nitrogens with one attached hydrogen (secondary N) is 1. The number of rotatable bonds is 4. The van der Waals surface area contributed by atoms with Crippen LogP contribution in [0.15, 0.2) is 28.7 Å². The van der Waals surface area contributed by atoms with Crippen molar-refractivity contribution < 1.29 is 9.34 Å². The van der Waals surface area contributed by atoms with Gasteiger partial charge in [-0.1, -0.05) is 12.1 Å². The van der Waals surface area contributed by atoms with Crippen molar-refractivity contribution in [2.45, 2.75) is 33.7 Å². The molecule has 5 nitrogen and oxygen atoms in total. The molecule has 2 aromatic rings. The highest BCUT2D eigenvalue weighted by atomic mass is 16.6. The second-order valence-corrected chi connectivity index (χ2v) is 4.96. The Balaban J connectivity index is 2.33. The van der Waals surface area contributed by atoms with E-state index in [1.165, 1.54) is 0 Å². The number of aryl methyl sites for hydroxylation is 3. The van der Waals surface area contributed by atoms with Gasteiger partial charge in [0.15, 0.2) is 0 Å². The average molecular weight is 274 g/mol. The lowest BCUT2D eigenvalue weighted by Crippen LogP contribution is -2.09. The molecular formula is C15H18N2O3. The Morgan fingerprint density at radius 1 is 1.30 bits per heavy atom. The first-order valence-corrected chi connectivity index (χ1v) is 6.47. The monoisotopic (exact) mass is 274 g/mol. The summed E-state index contributed by atoms with van der Waals surface area (Å²) in [5.41, 5.74) is 2.31. The van der Waals surface area contributed by atoms with Crippen molar-refractivity contribution in [2.75, 3.05) is 5.32 Å². The Hall–Kier alpha value is -2.30. The van der Waals surface area contributed by atoms with Gasteiger partial charge in [0.2, 0.25) is 0 Å². The zero-order valence-electron chi connectivity index (χ0n) is 12.1. The fourth-order valence-electron chi connectivity index (χ4n) is 2.41. The summed E-state index contributed by atoms with van der Waals surface area (Å²) in [7, 11) is 0. The molecule has 0 radical (unpaired) electrons. The van der Waals surface area contributed by atoms with Gasteiger partial charge < -0.3 is 9.73 Å². The summed E-state index contributed by atoms with van der Waals surface area (Å²) in [4.78, 5) is 10.8. The molecule has 0 aliphatic rings. The molecule has 1 atom stereocenters. The maximum Gasteiger partial charge on any atom is 0.295 e. The summed E-state index contributed by atoms with van der Waals surface area (Å²) in [6.45, 7) is 7.48. The van der Waals surface area contributed by atoms with Crippen LogP contribution in [0.1, 0.15) is 35.6 Å². The van der Waals surface area contributed by atoms with Gasteiger partial charge >= 0.3 is 0 Å². The van der Waals surface area contributed by atoms with Crippen LogP contribution in [-0.2, 0) is 0 Å². The molecule has 5 heteroatoms. The van der Waals surface area contributed by atoms with Crippen molar-refractivity contribution in [1.82, 2.24) is 0 Å². The van der Waals surface area contributed by atoms with E-state index in [2.05, 4.69) is 5.32 Å². The number of hydrogen-bond acceptors (Lipinski definition) is 4. The minimum atomic E-state index is -0.349. The van der Waals surface area contributed by atoms with E-state index in [-0.39, 0.29) is 16.7 Å². The molecule has 0 fully saturated rings. The van der Waals surface area contributed by atoms with Crippen LogP contribution in [0.3, 0.4) is 0 Å². The van der Waals surface area contributed by atoms with Crippen molar-refractivity contribution in [3.05, 3.63) is 57.0 Å². The van der Waals surface area contributed by atoms with Gasteiger partial charge in [0.1, 0.15) is 17.2 Å². The van der Waals surface area contributed by atoms with Crippen molar-refractivity contribution in [1.29, 1.82) is 0 Å². The number of para-hydroxylation sites is 1. The number of nitrogens with zero attached hydrogens (tertiary/aromatic N) is 1. The maximum atomic E-state index is 11.2. The number of nitro groups is 1. The van der Waals surface area contributed by atoms with Gasteiger partial charge in [0.05, 0.1) is 11.0 Å². The van der Waals surface area contributed by atoms with E-state index < -0.39 is 0 Å². The highest BCUT2D eigenvalue weighted by Gasteiger charge is 2.20. The van der Waals surface area contributed by atoms with Gasteiger partial charge in [-0.25, -0.2) is 0 Å². The second-order valence-electron chi connectivity index (χ2n) is 4.96. The van der Waals surface area contributed by atoms with Crippen LogP contribution < -0.4 is 5.32 Å². The molecule has 0 bridgehead atoms. The highest BCUT2D eigenvalue weighted by molar-refractivity contribution is 5.65. The quantitative estimate of drug-likeness (QED) is 0.667. The zero-order valence-corrected chi connectivity index (χ0v) is 12.1. The molecule has 0 spiro atoms. The number of nitro benzene ring substituents is 1. The third-order valence-corrected chi connectivity index (χ3v) is 3.34. The summed E-state index contributed by atoms with van der Waals surface area (Å²) in [6.07, 6.45) is 0. The molecule has 1 N–H and O–H groups in total. The SMILES string of the molecule is Cc1cc(C(C)Nc2cccc(C)c2[N+](=O)[O-])c(C)o1.